The third kappa shape index (κ3) is 4.07. The maximum absolute atomic E-state index is 11.6. The predicted molar refractivity (Wildman–Crippen MR) is 71.0 cm³/mol. The quantitative estimate of drug-likeness (QED) is 0.826. The zero-order chi connectivity index (χ0) is 12.8. The van der Waals surface area contributed by atoms with Gasteiger partial charge in [-0.05, 0) is 19.1 Å². The van der Waals surface area contributed by atoms with Crippen LogP contribution in [-0.2, 0) is 4.79 Å². The van der Waals surface area contributed by atoms with Crippen molar-refractivity contribution >= 4 is 11.6 Å². The third-order valence-electron chi connectivity index (χ3n) is 2.73. The van der Waals surface area contributed by atoms with Crippen molar-refractivity contribution < 1.29 is 4.79 Å². The summed E-state index contributed by atoms with van der Waals surface area (Å²) in [6, 6.07) is 9.66. The van der Waals surface area contributed by atoms with Crippen LogP contribution in [0.25, 0.3) is 0 Å². The van der Waals surface area contributed by atoms with E-state index in [-0.39, 0.29) is 5.91 Å². The highest BCUT2D eigenvalue weighted by Crippen LogP contribution is 2.10. The minimum atomic E-state index is -0.429. The van der Waals surface area contributed by atoms with Crippen LogP contribution < -0.4 is 10.6 Å². The highest BCUT2D eigenvalue weighted by atomic mass is 16.2. The van der Waals surface area contributed by atoms with Crippen LogP contribution in [0.15, 0.2) is 30.3 Å². The lowest BCUT2D eigenvalue weighted by atomic mass is 10.3. The van der Waals surface area contributed by atoms with E-state index >= 15 is 0 Å². The average molecular weight is 235 g/mol. The van der Waals surface area contributed by atoms with Gasteiger partial charge in [0.15, 0.2) is 0 Å². The first-order valence-electron chi connectivity index (χ1n) is 5.79. The largest absolute Gasteiger partial charge is 0.373 e. The fraction of sp³-hybridized carbons (Fsp3) is 0.462. The molecule has 4 nitrogen and oxygen atoms in total. The van der Waals surface area contributed by atoms with Crippen molar-refractivity contribution in [2.24, 2.45) is 5.73 Å². The number of hydrogen-bond acceptors (Lipinski definition) is 3. The van der Waals surface area contributed by atoms with E-state index < -0.39 is 6.04 Å². The number of rotatable bonds is 5. The molecular weight excluding hydrogens is 214 g/mol. The van der Waals surface area contributed by atoms with Crippen LogP contribution in [-0.4, -0.2) is 44.0 Å². The molecule has 0 saturated carbocycles. The number of carbonyl (C=O) groups excluding carboxylic acids is 1. The molecule has 17 heavy (non-hydrogen) atoms. The second-order valence-electron chi connectivity index (χ2n) is 4.31. The van der Waals surface area contributed by atoms with Gasteiger partial charge in [0.2, 0.25) is 5.91 Å². The summed E-state index contributed by atoms with van der Waals surface area (Å²) in [6.45, 7) is 3.17. The molecule has 0 unspecified atom stereocenters. The molecule has 0 bridgehead atoms. The lowest BCUT2D eigenvalue weighted by Crippen LogP contribution is -2.42. The highest BCUT2D eigenvalue weighted by molar-refractivity contribution is 5.80. The molecule has 1 aromatic carbocycles. The number of amides is 1. The fourth-order valence-corrected chi connectivity index (χ4v) is 1.57. The summed E-state index contributed by atoms with van der Waals surface area (Å²) < 4.78 is 0. The molecule has 1 rings (SSSR count). The van der Waals surface area contributed by atoms with Gasteiger partial charge in [0.1, 0.15) is 0 Å². The Morgan fingerprint density at radius 1 is 1.24 bits per heavy atom. The molecule has 94 valence electrons. The molecule has 0 saturated heterocycles. The van der Waals surface area contributed by atoms with Gasteiger partial charge >= 0.3 is 0 Å². The molecule has 2 N–H and O–H groups in total. The van der Waals surface area contributed by atoms with E-state index in [1.165, 1.54) is 0 Å². The number of carbonyl (C=O) groups is 1. The Kier molecular flexibility index (Phi) is 4.97. The number of nitrogens with two attached hydrogens (primary N) is 1. The fourth-order valence-electron chi connectivity index (χ4n) is 1.57. The monoisotopic (exact) mass is 235 g/mol. The molecular formula is C13H21N3O. The van der Waals surface area contributed by atoms with E-state index in [9.17, 15) is 4.79 Å². The van der Waals surface area contributed by atoms with Gasteiger partial charge in [-0.1, -0.05) is 18.2 Å². The average Bonchev–Trinajstić information content (AvgIpc) is 2.35. The maximum Gasteiger partial charge on any atom is 0.238 e. The number of hydrogen-bond donors (Lipinski definition) is 1. The third-order valence-corrected chi connectivity index (χ3v) is 2.73. The molecule has 0 spiro atoms. The number of anilines is 1. The van der Waals surface area contributed by atoms with Crippen LogP contribution in [0, 0.1) is 0 Å². The van der Waals surface area contributed by atoms with Crippen LogP contribution >= 0.6 is 0 Å². The van der Waals surface area contributed by atoms with Crippen molar-refractivity contribution in [3.8, 4) is 0 Å². The summed E-state index contributed by atoms with van der Waals surface area (Å²) in [5.41, 5.74) is 6.70. The predicted octanol–water partition coefficient (Wildman–Crippen LogP) is 0.928. The Labute approximate surface area is 103 Å². The number of likely N-dealkylation sites (N-methyl/N-ethyl adjacent to an activating group) is 2. The van der Waals surface area contributed by atoms with Gasteiger partial charge in [-0.15, -0.1) is 0 Å². The summed E-state index contributed by atoms with van der Waals surface area (Å²) in [5.74, 6) is -0.0218. The highest BCUT2D eigenvalue weighted by Gasteiger charge is 2.13. The van der Waals surface area contributed by atoms with E-state index in [1.807, 2.05) is 37.4 Å². The van der Waals surface area contributed by atoms with Crippen molar-refractivity contribution in [1.82, 2.24) is 4.90 Å². The maximum atomic E-state index is 11.6. The SMILES string of the molecule is C[C@@H](N)C(=O)N(C)CCN(C)c1ccccc1. The first kappa shape index (κ1) is 13.5. The zero-order valence-corrected chi connectivity index (χ0v) is 10.8. The van der Waals surface area contributed by atoms with Gasteiger partial charge in [-0.2, -0.15) is 0 Å². The first-order valence-corrected chi connectivity index (χ1v) is 5.79. The molecule has 1 atom stereocenters. The van der Waals surface area contributed by atoms with Crippen molar-refractivity contribution in [2.75, 3.05) is 32.1 Å². The topological polar surface area (TPSA) is 49.6 Å². The van der Waals surface area contributed by atoms with Gasteiger partial charge in [0, 0.05) is 32.9 Å². The Morgan fingerprint density at radius 3 is 2.35 bits per heavy atom. The standard InChI is InChI=1S/C13H21N3O/c1-11(14)13(17)16(3)10-9-15(2)12-7-5-4-6-8-12/h4-8,11H,9-10,14H2,1-3H3/t11-/m1/s1. The minimum absolute atomic E-state index is 0.0218. The van der Waals surface area contributed by atoms with E-state index in [0.29, 0.717) is 6.54 Å². The second kappa shape index (κ2) is 6.25. The molecule has 0 aliphatic heterocycles. The van der Waals surface area contributed by atoms with Crippen LogP contribution in [0.1, 0.15) is 6.92 Å². The van der Waals surface area contributed by atoms with Crippen molar-refractivity contribution in [3.05, 3.63) is 30.3 Å². The lowest BCUT2D eigenvalue weighted by Gasteiger charge is -2.24. The van der Waals surface area contributed by atoms with E-state index in [2.05, 4.69) is 4.90 Å². The molecule has 0 heterocycles. The minimum Gasteiger partial charge on any atom is -0.373 e. The van der Waals surface area contributed by atoms with Crippen molar-refractivity contribution in [3.63, 3.8) is 0 Å². The Hall–Kier alpha value is -1.55. The van der Waals surface area contributed by atoms with Crippen LogP contribution in [0.3, 0.4) is 0 Å². The van der Waals surface area contributed by atoms with E-state index in [4.69, 9.17) is 5.73 Å². The smallest absolute Gasteiger partial charge is 0.238 e. The summed E-state index contributed by atoms with van der Waals surface area (Å²) in [5, 5.41) is 0. The molecule has 0 aromatic heterocycles. The summed E-state index contributed by atoms with van der Waals surface area (Å²) in [6.07, 6.45) is 0. The molecule has 0 aliphatic rings. The van der Waals surface area contributed by atoms with Crippen LogP contribution in [0.5, 0.6) is 0 Å². The molecule has 4 heteroatoms. The normalized spacial score (nSPS) is 12.0. The van der Waals surface area contributed by atoms with Crippen molar-refractivity contribution in [1.29, 1.82) is 0 Å². The van der Waals surface area contributed by atoms with Crippen LogP contribution in [0.4, 0.5) is 5.69 Å². The number of nitrogens with zero attached hydrogens (tertiary/aromatic N) is 2. The molecule has 1 aromatic rings. The summed E-state index contributed by atoms with van der Waals surface area (Å²) >= 11 is 0. The number of para-hydroxylation sites is 1. The molecule has 1 amide bonds. The van der Waals surface area contributed by atoms with E-state index in [1.54, 1.807) is 18.9 Å². The van der Waals surface area contributed by atoms with Crippen molar-refractivity contribution in [2.45, 2.75) is 13.0 Å². The molecule has 0 aliphatic carbocycles. The van der Waals surface area contributed by atoms with E-state index in [0.717, 1.165) is 12.2 Å². The van der Waals surface area contributed by atoms with Gasteiger partial charge in [-0.25, -0.2) is 0 Å². The van der Waals surface area contributed by atoms with Gasteiger partial charge in [-0.3, -0.25) is 4.79 Å². The molecule has 0 fully saturated rings. The zero-order valence-electron chi connectivity index (χ0n) is 10.8. The van der Waals surface area contributed by atoms with Gasteiger partial charge < -0.3 is 15.5 Å². The van der Waals surface area contributed by atoms with Crippen LogP contribution in [0.2, 0.25) is 0 Å². The number of benzene rings is 1. The summed E-state index contributed by atoms with van der Waals surface area (Å²) in [7, 11) is 3.80. The first-order chi connectivity index (χ1) is 8.02. The van der Waals surface area contributed by atoms with Gasteiger partial charge in [0.05, 0.1) is 6.04 Å². The Morgan fingerprint density at radius 2 is 1.82 bits per heavy atom. The Balaban J connectivity index is 2.44. The lowest BCUT2D eigenvalue weighted by molar-refractivity contribution is -0.130. The summed E-state index contributed by atoms with van der Waals surface area (Å²) in [4.78, 5) is 15.4. The second-order valence-corrected chi connectivity index (χ2v) is 4.31. The van der Waals surface area contributed by atoms with Gasteiger partial charge in [0.25, 0.3) is 0 Å². The molecule has 0 radical (unpaired) electrons. The Bertz CT molecular complexity index is 351.